The largest absolute Gasteiger partial charge is 0.103 e. The van der Waals surface area contributed by atoms with Crippen LogP contribution in [0.5, 0.6) is 0 Å². The lowest BCUT2D eigenvalue weighted by Crippen LogP contribution is -2.06. The molecule has 0 heterocycles. The Morgan fingerprint density at radius 2 is 2.25 bits per heavy atom. The average molecular weight is 237 g/mol. The summed E-state index contributed by atoms with van der Waals surface area (Å²) in [7, 11) is 0. The third kappa shape index (κ3) is 1.75. The number of rotatable bonds is 0. The van der Waals surface area contributed by atoms with Crippen LogP contribution in [-0.4, -0.2) is 3.23 Å². The van der Waals surface area contributed by atoms with Crippen LogP contribution in [-0.2, 0) is 0 Å². The number of alkyl halides is 2. The highest BCUT2D eigenvalue weighted by atomic mass is 79.9. The highest BCUT2D eigenvalue weighted by molar-refractivity contribution is 9.25. The smallest absolute Gasteiger partial charge is 0.0677 e. The Morgan fingerprint density at radius 3 is 2.50 bits per heavy atom. The Balaban J connectivity index is 2.65. The quantitative estimate of drug-likeness (QED) is 0.568. The first kappa shape index (κ1) is 6.56. The van der Waals surface area contributed by atoms with Gasteiger partial charge in [0.15, 0.2) is 0 Å². The van der Waals surface area contributed by atoms with Gasteiger partial charge in [-0.05, 0) is 6.08 Å². The summed E-state index contributed by atoms with van der Waals surface area (Å²) in [6, 6.07) is 0. The van der Waals surface area contributed by atoms with E-state index in [0.717, 1.165) is 6.42 Å². The lowest BCUT2D eigenvalue weighted by atomic mass is 10.2. The Hall–Kier alpha value is 0.440. The van der Waals surface area contributed by atoms with E-state index in [9.17, 15) is 0 Å². The van der Waals surface area contributed by atoms with Gasteiger partial charge in [0.1, 0.15) is 3.23 Å². The van der Waals surface area contributed by atoms with E-state index >= 15 is 0 Å². The van der Waals surface area contributed by atoms with Crippen molar-refractivity contribution < 1.29 is 0 Å². The Labute approximate surface area is 65.9 Å². The molecule has 0 amide bonds. The SMILES string of the molecule is BrC1(Br)C=CC=[C]C1. The van der Waals surface area contributed by atoms with Crippen molar-refractivity contribution in [2.45, 2.75) is 9.65 Å². The molecule has 0 aromatic carbocycles. The highest BCUT2D eigenvalue weighted by Crippen LogP contribution is 2.33. The summed E-state index contributed by atoms with van der Waals surface area (Å²) >= 11 is 6.88. The lowest BCUT2D eigenvalue weighted by molar-refractivity contribution is 1.00. The van der Waals surface area contributed by atoms with Crippen LogP contribution in [0, 0.1) is 6.08 Å². The van der Waals surface area contributed by atoms with Crippen LogP contribution >= 0.6 is 31.9 Å². The van der Waals surface area contributed by atoms with Gasteiger partial charge in [-0.15, -0.1) is 0 Å². The molecule has 43 valence electrons. The second kappa shape index (κ2) is 2.36. The van der Waals surface area contributed by atoms with Crippen molar-refractivity contribution in [1.29, 1.82) is 0 Å². The third-order valence-electron chi connectivity index (χ3n) is 0.892. The van der Waals surface area contributed by atoms with Gasteiger partial charge < -0.3 is 0 Å². The number of halogens is 2. The molecule has 0 nitrogen and oxygen atoms in total. The van der Waals surface area contributed by atoms with Crippen LogP contribution in [0.3, 0.4) is 0 Å². The van der Waals surface area contributed by atoms with Gasteiger partial charge in [-0.2, -0.15) is 0 Å². The molecule has 0 spiro atoms. The maximum atomic E-state index is 3.44. The predicted molar refractivity (Wildman–Crippen MR) is 42.2 cm³/mol. The minimum Gasteiger partial charge on any atom is -0.0677 e. The number of hydrogen-bond donors (Lipinski definition) is 0. The molecular formula is C6H5Br2. The minimum absolute atomic E-state index is 0.0191. The first-order chi connectivity index (χ1) is 3.71. The van der Waals surface area contributed by atoms with Crippen LogP contribution in [0.2, 0.25) is 0 Å². The van der Waals surface area contributed by atoms with Gasteiger partial charge in [0.25, 0.3) is 0 Å². The molecule has 0 fully saturated rings. The molecular weight excluding hydrogens is 232 g/mol. The van der Waals surface area contributed by atoms with E-state index in [2.05, 4.69) is 37.9 Å². The van der Waals surface area contributed by atoms with Crippen molar-refractivity contribution in [3.8, 4) is 0 Å². The van der Waals surface area contributed by atoms with E-state index in [1.165, 1.54) is 0 Å². The molecule has 8 heavy (non-hydrogen) atoms. The molecule has 0 atom stereocenters. The maximum Gasteiger partial charge on any atom is 0.103 e. The normalized spacial score (nSPS) is 23.8. The standard InChI is InChI=1S/C6H5Br2/c7-6(8)4-2-1-3-5-6/h1-2,4H,5H2. The van der Waals surface area contributed by atoms with Gasteiger partial charge >= 0.3 is 0 Å². The topological polar surface area (TPSA) is 0 Å². The van der Waals surface area contributed by atoms with E-state index in [1.807, 2.05) is 18.2 Å². The average Bonchev–Trinajstić information content (AvgIpc) is 1.65. The van der Waals surface area contributed by atoms with E-state index in [0.29, 0.717) is 0 Å². The fourth-order valence-corrected chi connectivity index (χ4v) is 1.14. The van der Waals surface area contributed by atoms with Crippen molar-refractivity contribution in [3.63, 3.8) is 0 Å². The van der Waals surface area contributed by atoms with Crippen molar-refractivity contribution in [3.05, 3.63) is 24.3 Å². The zero-order valence-corrected chi connectivity index (χ0v) is 7.37. The molecule has 0 N–H and O–H groups in total. The molecule has 0 bridgehead atoms. The summed E-state index contributed by atoms with van der Waals surface area (Å²) < 4.78 is -0.0191. The van der Waals surface area contributed by atoms with Crippen molar-refractivity contribution in [1.82, 2.24) is 0 Å². The Kier molecular flexibility index (Phi) is 1.93. The molecule has 0 saturated heterocycles. The van der Waals surface area contributed by atoms with Gasteiger partial charge in [-0.1, -0.05) is 50.1 Å². The van der Waals surface area contributed by atoms with Crippen LogP contribution in [0.25, 0.3) is 0 Å². The third-order valence-corrected chi connectivity index (χ3v) is 1.98. The van der Waals surface area contributed by atoms with Crippen LogP contribution in [0.15, 0.2) is 18.2 Å². The van der Waals surface area contributed by atoms with E-state index < -0.39 is 0 Å². The van der Waals surface area contributed by atoms with Crippen molar-refractivity contribution >= 4 is 31.9 Å². The summed E-state index contributed by atoms with van der Waals surface area (Å²) in [5.74, 6) is 0. The summed E-state index contributed by atoms with van der Waals surface area (Å²) in [6.45, 7) is 0. The summed E-state index contributed by atoms with van der Waals surface area (Å²) in [4.78, 5) is 0. The fourth-order valence-electron chi connectivity index (χ4n) is 0.511. The summed E-state index contributed by atoms with van der Waals surface area (Å²) in [6.07, 6.45) is 9.89. The number of allylic oxidation sites excluding steroid dienone is 4. The molecule has 0 aromatic heterocycles. The van der Waals surface area contributed by atoms with Crippen molar-refractivity contribution in [2.24, 2.45) is 0 Å². The van der Waals surface area contributed by atoms with Gasteiger partial charge in [0, 0.05) is 6.42 Å². The van der Waals surface area contributed by atoms with Crippen molar-refractivity contribution in [2.75, 3.05) is 0 Å². The zero-order chi connectivity index (χ0) is 6.04. The molecule has 1 aliphatic carbocycles. The van der Waals surface area contributed by atoms with Gasteiger partial charge in [-0.25, -0.2) is 0 Å². The van der Waals surface area contributed by atoms with Gasteiger partial charge in [0.05, 0.1) is 0 Å². The zero-order valence-electron chi connectivity index (χ0n) is 4.20. The van der Waals surface area contributed by atoms with E-state index in [-0.39, 0.29) is 3.23 Å². The molecule has 1 rings (SSSR count). The first-order valence-corrected chi connectivity index (χ1v) is 3.92. The molecule has 1 radical (unpaired) electrons. The van der Waals surface area contributed by atoms with Gasteiger partial charge in [0.2, 0.25) is 0 Å². The first-order valence-electron chi connectivity index (χ1n) is 2.33. The van der Waals surface area contributed by atoms with Gasteiger partial charge in [-0.3, -0.25) is 0 Å². The molecule has 0 saturated carbocycles. The fraction of sp³-hybridized carbons (Fsp3) is 0.333. The van der Waals surface area contributed by atoms with E-state index in [1.54, 1.807) is 0 Å². The molecule has 0 aromatic rings. The monoisotopic (exact) mass is 235 g/mol. The minimum atomic E-state index is -0.0191. The predicted octanol–water partition coefficient (Wildman–Crippen LogP) is 2.79. The molecule has 0 aliphatic heterocycles. The number of hydrogen-bond acceptors (Lipinski definition) is 0. The Morgan fingerprint density at radius 1 is 1.50 bits per heavy atom. The second-order valence-electron chi connectivity index (χ2n) is 1.67. The van der Waals surface area contributed by atoms with Crippen LogP contribution in [0.4, 0.5) is 0 Å². The molecule has 2 heteroatoms. The second-order valence-corrected chi connectivity index (χ2v) is 5.56. The van der Waals surface area contributed by atoms with E-state index in [4.69, 9.17) is 0 Å². The maximum absolute atomic E-state index is 3.44. The highest BCUT2D eigenvalue weighted by Gasteiger charge is 2.17. The summed E-state index contributed by atoms with van der Waals surface area (Å²) in [5, 5.41) is 0. The molecule has 1 aliphatic rings. The molecule has 0 unspecified atom stereocenters. The lowest BCUT2D eigenvalue weighted by Gasteiger charge is -2.13. The summed E-state index contributed by atoms with van der Waals surface area (Å²) in [5.41, 5.74) is 0. The Bertz CT molecular complexity index is 133. The van der Waals surface area contributed by atoms with Crippen LogP contribution < -0.4 is 0 Å². The van der Waals surface area contributed by atoms with Crippen LogP contribution in [0.1, 0.15) is 6.42 Å².